The predicted octanol–water partition coefficient (Wildman–Crippen LogP) is 15.0. The van der Waals surface area contributed by atoms with Crippen molar-refractivity contribution >= 4 is 60.5 Å². The first kappa shape index (κ1) is 31.6. The molecule has 1 aliphatic carbocycles. The predicted molar refractivity (Wildman–Crippen MR) is 232 cm³/mol. The third-order valence-electron chi connectivity index (χ3n) is 11.9. The molecule has 2 heteroatoms. The third-order valence-corrected chi connectivity index (χ3v) is 11.9. The monoisotopic (exact) mass is 703 g/mol. The van der Waals surface area contributed by atoms with Gasteiger partial charge in [0.1, 0.15) is 11.2 Å². The maximum Gasteiger partial charge on any atom is 0.136 e. The number of benzene rings is 9. The Bertz CT molecular complexity index is 3120. The quantitative estimate of drug-likeness (QED) is 0.177. The standard InChI is InChI=1S/C53H37NO/c1-53(2)45-20-8-5-17-42(45)52-46(53)21-12-23-48(52)54(47-22-9-6-16-41(47)40-19-11-14-35-13-3-4-15-39(35)40)38-30-27-34(28-31-38)37-26-25-36-29-32-50-51(44(36)33-37)43-18-7-10-24-49(43)55-50/h3-33H,1-2H3. The summed E-state index contributed by atoms with van der Waals surface area (Å²) in [6, 6.07) is 68.5. The second kappa shape index (κ2) is 12.1. The Morgan fingerprint density at radius 1 is 0.418 bits per heavy atom. The summed E-state index contributed by atoms with van der Waals surface area (Å²) in [7, 11) is 0. The van der Waals surface area contributed by atoms with Gasteiger partial charge in [0, 0.05) is 33.0 Å². The lowest BCUT2D eigenvalue weighted by atomic mass is 9.82. The highest BCUT2D eigenvalue weighted by Crippen LogP contribution is 2.55. The Kier molecular flexibility index (Phi) is 6.93. The number of hydrogen-bond donors (Lipinski definition) is 0. The van der Waals surface area contributed by atoms with Gasteiger partial charge in [0.15, 0.2) is 0 Å². The lowest BCUT2D eigenvalue weighted by molar-refractivity contribution is 0.660. The van der Waals surface area contributed by atoms with Crippen molar-refractivity contribution in [3.05, 3.63) is 199 Å². The van der Waals surface area contributed by atoms with Crippen LogP contribution in [0.3, 0.4) is 0 Å². The zero-order valence-corrected chi connectivity index (χ0v) is 30.8. The van der Waals surface area contributed by atoms with Crippen molar-refractivity contribution in [3.8, 4) is 33.4 Å². The van der Waals surface area contributed by atoms with Crippen molar-refractivity contribution in [3.63, 3.8) is 0 Å². The summed E-state index contributed by atoms with van der Waals surface area (Å²) in [5, 5.41) is 7.21. The molecule has 0 aliphatic heterocycles. The fraction of sp³-hybridized carbons (Fsp3) is 0.0566. The van der Waals surface area contributed by atoms with Crippen molar-refractivity contribution in [1.29, 1.82) is 0 Å². The molecule has 1 aliphatic rings. The first-order valence-corrected chi connectivity index (χ1v) is 19.1. The summed E-state index contributed by atoms with van der Waals surface area (Å²) < 4.78 is 6.26. The molecule has 0 radical (unpaired) electrons. The minimum Gasteiger partial charge on any atom is -0.456 e. The summed E-state index contributed by atoms with van der Waals surface area (Å²) in [4.78, 5) is 2.49. The molecular formula is C53H37NO. The zero-order chi connectivity index (χ0) is 36.7. The zero-order valence-electron chi connectivity index (χ0n) is 30.8. The maximum absolute atomic E-state index is 6.26. The van der Waals surface area contributed by atoms with Crippen LogP contribution in [0.1, 0.15) is 25.0 Å². The van der Waals surface area contributed by atoms with Crippen molar-refractivity contribution < 1.29 is 4.42 Å². The highest BCUT2D eigenvalue weighted by molar-refractivity contribution is 6.19. The lowest BCUT2D eigenvalue weighted by Gasteiger charge is -2.31. The van der Waals surface area contributed by atoms with E-state index in [9.17, 15) is 0 Å². The molecule has 10 aromatic rings. The third kappa shape index (κ3) is 4.81. The highest BCUT2D eigenvalue weighted by atomic mass is 16.3. The SMILES string of the molecule is CC1(C)c2ccccc2-c2c(N(c3ccc(-c4ccc5ccc6oc7ccccc7c6c5c4)cc3)c3ccccc3-c3cccc4ccccc34)cccc21. The fourth-order valence-electron chi connectivity index (χ4n) is 9.21. The number of fused-ring (bicyclic) bond motifs is 9. The van der Waals surface area contributed by atoms with Gasteiger partial charge in [-0.05, 0) is 97.4 Å². The lowest BCUT2D eigenvalue weighted by Crippen LogP contribution is -2.16. The van der Waals surface area contributed by atoms with Gasteiger partial charge in [0.25, 0.3) is 0 Å². The van der Waals surface area contributed by atoms with Crippen molar-refractivity contribution in [2.45, 2.75) is 19.3 Å². The summed E-state index contributed by atoms with van der Waals surface area (Å²) >= 11 is 0. The molecule has 1 heterocycles. The first-order chi connectivity index (χ1) is 27.0. The maximum atomic E-state index is 6.26. The van der Waals surface area contributed by atoms with E-state index in [0.717, 1.165) is 27.9 Å². The second-order valence-corrected chi connectivity index (χ2v) is 15.3. The molecule has 0 amide bonds. The minimum atomic E-state index is -0.117. The normalized spacial score (nSPS) is 13.1. The van der Waals surface area contributed by atoms with Crippen LogP contribution < -0.4 is 4.90 Å². The largest absolute Gasteiger partial charge is 0.456 e. The van der Waals surface area contributed by atoms with E-state index < -0.39 is 0 Å². The average Bonchev–Trinajstić information content (AvgIpc) is 3.74. The molecule has 9 aromatic carbocycles. The Hall–Kier alpha value is -6.90. The van der Waals surface area contributed by atoms with Gasteiger partial charge in [-0.25, -0.2) is 0 Å². The molecule has 55 heavy (non-hydrogen) atoms. The van der Waals surface area contributed by atoms with Gasteiger partial charge in [-0.3, -0.25) is 0 Å². The van der Waals surface area contributed by atoms with Crippen molar-refractivity contribution in [1.82, 2.24) is 0 Å². The molecule has 0 spiro atoms. The summed E-state index contributed by atoms with van der Waals surface area (Å²) in [5.41, 5.74) is 15.2. The van der Waals surface area contributed by atoms with Gasteiger partial charge in [-0.15, -0.1) is 0 Å². The highest BCUT2D eigenvalue weighted by Gasteiger charge is 2.38. The van der Waals surface area contributed by atoms with E-state index in [2.05, 4.69) is 201 Å². The molecule has 0 unspecified atom stereocenters. The Morgan fingerprint density at radius 3 is 1.93 bits per heavy atom. The Morgan fingerprint density at radius 2 is 1.04 bits per heavy atom. The molecule has 11 rings (SSSR count). The molecular weight excluding hydrogens is 667 g/mol. The van der Waals surface area contributed by atoms with Crippen LogP contribution in [-0.4, -0.2) is 0 Å². The Labute approximate surface area is 320 Å². The van der Waals surface area contributed by atoms with E-state index in [4.69, 9.17) is 4.42 Å². The molecule has 0 saturated heterocycles. The molecule has 0 bridgehead atoms. The van der Waals surface area contributed by atoms with Crippen molar-refractivity contribution in [2.75, 3.05) is 4.90 Å². The fourth-order valence-corrected chi connectivity index (χ4v) is 9.21. The van der Waals surface area contributed by atoms with E-state index in [0.29, 0.717) is 0 Å². The first-order valence-electron chi connectivity index (χ1n) is 19.1. The van der Waals surface area contributed by atoms with Crippen molar-refractivity contribution in [2.24, 2.45) is 0 Å². The molecule has 260 valence electrons. The Balaban J connectivity index is 1.12. The second-order valence-electron chi connectivity index (χ2n) is 15.3. The van der Waals surface area contributed by atoms with Crippen LogP contribution in [0.2, 0.25) is 0 Å². The van der Waals surface area contributed by atoms with Crippen LogP contribution in [0.4, 0.5) is 17.1 Å². The number of furan rings is 1. The molecule has 0 saturated carbocycles. The van der Waals surface area contributed by atoms with Crippen LogP contribution >= 0.6 is 0 Å². The van der Waals surface area contributed by atoms with Gasteiger partial charge in [-0.2, -0.15) is 0 Å². The molecule has 1 aromatic heterocycles. The van der Waals surface area contributed by atoms with E-state index in [1.165, 1.54) is 77.1 Å². The molecule has 2 nitrogen and oxygen atoms in total. The molecule has 0 atom stereocenters. The van der Waals surface area contributed by atoms with Crippen LogP contribution in [-0.2, 0) is 5.41 Å². The molecule has 0 N–H and O–H groups in total. The van der Waals surface area contributed by atoms with Gasteiger partial charge < -0.3 is 9.32 Å². The average molecular weight is 704 g/mol. The van der Waals surface area contributed by atoms with Crippen LogP contribution in [0.25, 0.3) is 76.9 Å². The van der Waals surface area contributed by atoms with E-state index in [1.807, 2.05) is 6.07 Å². The number of nitrogens with zero attached hydrogens (tertiary/aromatic N) is 1. The number of hydrogen-bond acceptors (Lipinski definition) is 2. The minimum absolute atomic E-state index is 0.117. The van der Waals surface area contributed by atoms with Crippen LogP contribution in [0.15, 0.2) is 192 Å². The van der Waals surface area contributed by atoms with Gasteiger partial charge >= 0.3 is 0 Å². The van der Waals surface area contributed by atoms with Crippen LogP contribution in [0.5, 0.6) is 0 Å². The summed E-state index contributed by atoms with van der Waals surface area (Å²) in [6.07, 6.45) is 0. The summed E-state index contributed by atoms with van der Waals surface area (Å²) in [6.45, 7) is 4.71. The molecule has 0 fully saturated rings. The van der Waals surface area contributed by atoms with Gasteiger partial charge in [0.05, 0.1) is 11.4 Å². The topological polar surface area (TPSA) is 16.4 Å². The van der Waals surface area contributed by atoms with E-state index >= 15 is 0 Å². The van der Waals surface area contributed by atoms with Crippen LogP contribution in [0, 0.1) is 0 Å². The number of para-hydroxylation sites is 2. The van der Waals surface area contributed by atoms with Gasteiger partial charge in [-0.1, -0.05) is 159 Å². The number of rotatable bonds is 5. The smallest absolute Gasteiger partial charge is 0.136 e. The van der Waals surface area contributed by atoms with E-state index in [-0.39, 0.29) is 5.41 Å². The van der Waals surface area contributed by atoms with Gasteiger partial charge in [0.2, 0.25) is 0 Å². The summed E-state index contributed by atoms with van der Waals surface area (Å²) in [5.74, 6) is 0. The van der Waals surface area contributed by atoms with E-state index in [1.54, 1.807) is 0 Å². The number of anilines is 3.